The van der Waals surface area contributed by atoms with Crippen molar-refractivity contribution in [1.82, 2.24) is 19.9 Å². The summed E-state index contributed by atoms with van der Waals surface area (Å²) in [7, 11) is -7.42. The van der Waals surface area contributed by atoms with E-state index in [-0.39, 0.29) is 43.3 Å². The fraction of sp³-hybridized carbons (Fsp3) is 0.326. The van der Waals surface area contributed by atoms with Crippen LogP contribution in [0.2, 0.25) is 0 Å². The maximum absolute atomic E-state index is 13.8. The minimum absolute atomic E-state index is 0.138. The number of ether oxygens (including phenoxy) is 3. The second kappa shape index (κ2) is 19.5. The number of hydrogen-bond acceptors (Lipinski definition) is 12. The predicted molar refractivity (Wildman–Crippen MR) is 243 cm³/mol. The number of aromatic amines is 2. The third-order valence-electron chi connectivity index (χ3n) is 10.1. The lowest BCUT2D eigenvalue weighted by molar-refractivity contribution is -0.139. The highest BCUT2D eigenvalue weighted by molar-refractivity contribution is 7.53. The molecule has 2 aromatic carbocycles. The Labute approximate surface area is 365 Å². The summed E-state index contributed by atoms with van der Waals surface area (Å²) in [6, 6.07) is 24.3. The summed E-state index contributed by atoms with van der Waals surface area (Å²) in [5.74, 6) is -0.149. The molecule has 2 aliphatic rings. The van der Waals surface area contributed by atoms with E-state index >= 15 is 0 Å². The van der Waals surface area contributed by atoms with Gasteiger partial charge in [-0.3, -0.25) is 14.1 Å². The van der Waals surface area contributed by atoms with Crippen LogP contribution in [-0.2, 0) is 43.9 Å². The van der Waals surface area contributed by atoms with E-state index < -0.39 is 40.5 Å². The van der Waals surface area contributed by atoms with Crippen LogP contribution in [0.25, 0.3) is 56.5 Å². The summed E-state index contributed by atoms with van der Waals surface area (Å²) < 4.78 is 68.2. The molecular formula is C46H52N4O11P2. The molecule has 0 radical (unpaired) electrons. The van der Waals surface area contributed by atoms with E-state index in [1.807, 2.05) is 54.6 Å². The molecule has 7 rings (SSSR count). The van der Waals surface area contributed by atoms with E-state index in [4.69, 9.17) is 42.3 Å². The van der Waals surface area contributed by atoms with Crippen LogP contribution in [0.3, 0.4) is 0 Å². The zero-order chi connectivity index (χ0) is 44.8. The summed E-state index contributed by atoms with van der Waals surface area (Å²) >= 11 is 0. The molecule has 3 aromatic heterocycles. The predicted octanol–water partition coefficient (Wildman–Crippen LogP) is 11.0. The second-order valence-electron chi connectivity index (χ2n) is 15.2. The fourth-order valence-electron chi connectivity index (χ4n) is 7.45. The molecule has 3 N–H and O–H groups in total. The largest absolute Gasteiger partial charge is 0.482 e. The van der Waals surface area contributed by atoms with Crippen molar-refractivity contribution in [2.75, 3.05) is 45.7 Å². The number of benzene rings is 2. The summed E-state index contributed by atoms with van der Waals surface area (Å²) in [5.41, 5.74) is 8.20. The first-order valence-electron chi connectivity index (χ1n) is 20.8. The molecule has 15 nitrogen and oxygen atoms in total. The topological polar surface area (TPSA) is 193 Å². The molecule has 5 heterocycles. The number of nitrogens with one attached hydrogen (secondary N) is 2. The number of rotatable bonds is 19. The lowest BCUT2D eigenvalue weighted by atomic mass is 9.85. The van der Waals surface area contributed by atoms with Gasteiger partial charge in [0.05, 0.1) is 49.1 Å². The van der Waals surface area contributed by atoms with Crippen molar-refractivity contribution in [2.45, 2.75) is 53.4 Å². The number of carbonyl (C=O) groups is 1. The van der Waals surface area contributed by atoms with Crippen molar-refractivity contribution in [3.05, 3.63) is 102 Å². The van der Waals surface area contributed by atoms with Crippen molar-refractivity contribution in [3.63, 3.8) is 0 Å². The molecule has 8 bridgehead atoms. The number of aliphatic carboxylic acids is 1. The second-order valence-corrected chi connectivity index (χ2v) is 19.2. The average Bonchev–Trinajstić information content (AvgIpc) is 4.06. The molecular weight excluding hydrogens is 846 g/mol. The van der Waals surface area contributed by atoms with Crippen LogP contribution in [0.15, 0.2) is 78.9 Å². The van der Waals surface area contributed by atoms with Crippen LogP contribution in [0.4, 0.5) is 0 Å². The van der Waals surface area contributed by atoms with Crippen molar-refractivity contribution in [3.8, 4) is 39.5 Å². The molecule has 0 spiro atoms. The van der Waals surface area contributed by atoms with Gasteiger partial charge in [-0.2, -0.15) is 0 Å². The first-order chi connectivity index (χ1) is 30.3. The number of carboxylic acid groups (broad SMARTS) is 1. The Balaban J connectivity index is 1.54. The molecule has 0 atom stereocenters. The minimum atomic E-state index is -3.71. The Morgan fingerprint density at radius 2 is 1.25 bits per heavy atom. The molecule has 0 amide bonds. The van der Waals surface area contributed by atoms with Crippen LogP contribution in [0.1, 0.15) is 64.3 Å². The van der Waals surface area contributed by atoms with Crippen molar-refractivity contribution >= 4 is 55.4 Å². The van der Waals surface area contributed by atoms with Gasteiger partial charge < -0.3 is 47.4 Å². The molecule has 0 fully saturated rings. The normalized spacial score (nSPS) is 13.6. The first kappa shape index (κ1) is 45.5. The van der Waals surface area contributed by atoms with Gasteiger partial charge in [-0.15, -0.1) is 0 Å². The average molecular weight is 899 g/mol. The van der Waals surface area contributed by atoms with Crippen LogP contribution >= 0.6 is 15.2 Å². The van der Waals surface area contributed by atoms with Crippen LogP contribution in [-0.4, -0.2) is 76.7 Å². The van der Waals surface area contributed by atoms with Crippen LogP contribution < -0.4 is 14.2 Å². The zero-order valence-electron chi connectivity index (χ0n) is 36.1. The molecule has 0 saturated carbocycles. The van der Waals surface area contributed by atoms with E-state index in [0.29, 0.717) is 40.2 Å². The molecule has 0 unspecified atom stereocenters. The number of aromatic nitrogens is 4. The Bertz CT molecular complexity index is 2690. The molecule has 0 aliphatic carbocycles. The lowest BCUT2D eigenvalue weighted by Gasteiger charge is -2.22. The highest BCUT2D eigenvalue weighted by Crippen LogP contribution is 2.52. The quantitative estimate of drug-likeness (QED) is 0.0651. The Kier molecular flexibility index (Phi) is 14.1. The van der Waals surface area contributed by atoms with E-state index in [0.717, 1.165) is 39.1 Å². The minimum Gasteiger partial charge on any atom is -0.482 e. The summed E-state index contributed by atoms with van der Waals surface area (Å²) in [6.07, 6.45) is 3.57. The van der Waals surface area contributed by atoms with Gasteiger partial charge >= 0.3 is 21.2 Å². The number of carboxylic acids is 1. The summed E-state index contributed by atoms with van der Waals surface area (Å²) in [6.45, 7) is 11.3. The molecule has 17 heteroatoms. The number of hydrogen-bond donors (Lipinski definition) is 3. The van der Waals surface area contributed by atoms with Gasteiger partial charge in [-0.05, 0) is 106 Å². The highest BCUT2D eigenvalue weighted by atomic mass is 31.2. The smallest absolute Gasteiger partial charge is 0.367 e. The Morgan fingerprint density at radius 1 is 0.683 bits per heavy atom. The van der Waals surface area contributed by atoms with E-state index in [1.54, 1.807) is 58.0 Å². The maximum Gasteiger partial charge on any atom is 0.367 e. The summed E-state index contributed by atoms with van der Waals surface area (Å²) in [4.78, 5) is 28.8. The summed E-state index contributed by atoms with van der Waals surface area (Å²) in [5, 5.41) is 9.22. The van der Waals surface area contributed by atoms with Gasteiger partial charge in [0.25, 0.3) is 0 Å². The Morgan fingerprint density at radius 3 is 1.83 bits per heavy atom. The third kappa shape index (κ3) is 10.6. The SMILES string of the molecule is CCOP(=O)(COc1cccc(OCP(=O)(OCC)OCC)c1-c1c2nc(cc3ccc(cc4nc(c(-c5ccc(OCC(=O)O)cc5)c5ccc1[nH]5)CC4(C)C)[nH]3)C=C2)OCC. The maximum atomic E-state index is 13.8. The third-order valence-corrected chi connectivity index (χ3v) is 13.6. The molecule has 5 aromatic rings. The van der Waals surface area contributed by atoms with Gasteiger partial charge in [0.1, 0.15) is 17.2 Å². The standard InChI is InChI=1S/C46H52N4O11P2/c1-7-58-62(53,59-8-2)28-56-39-12-11-13-40(57-29-63(54,60-9-3)61-10-4)45(39)44-36-21-18-32(48-36)24-31-16-17-33(47-31)25-41-46(5,6)26-38(50-41)43(35-22-23-37(44)49-35)30-14-19-34(20-15-30)55-27-42(51)52/h11-25,47,49H,7-10,26-29H2,1-6H3,(H,51,52). The van der Waals surface area contributed by atoms with E-state index in [1.165, 1.54) is 0 Å². The van der Waals surface area contributed by atoms with Gasteiger partial charge in [0.15, 0.2) is 19.3 Å². The van der Waals surface area contributed by atoms with Crippen molar-refractivity contribution < 1.29 is 51.3 Å². The van der Waals surface area contributed by atoms with Gasteiger partial charge in [0, 0.05) is 50.7 Å². The van der Waals surface area contributed by atoms with Crippen molar-refractivity contribution in [1.29, 1.82) is 0 Å². The van der Waals surface area contributed by atoms with E-state index in [2.05, 4.69) is 29.9 Å². The molecule has 63 heavy (non-hydrogen) atoms. The molecule has 0 saturated heterocycles. The Hall–Kier alpha value is -5.53. The van der Waals surface area contributed by atoms with Crippen molar-refractivity contribution in [2.24, 2.45) is 0 Å². The monoisotopic (exact) mass is 898 g/mol. The fourth-order valence-corrected chi connectivity index (χ4v) is 10.1. The molecule has 332 valence electrons. The zero-order valence-corrected chi connectivity index (χ0v) is 37.9. The van der Waals surface area contributed by atoms with Crippen LogP contribution in [0.5, 0.6) is 17.2 Å². The highest BCUT2D eigenvalue weighted by Gasteiger charge is 2.32. The van der Waals surface area contributed by atoms with E-state index in [9.17, 15) is 19.0 Å². The van der Waals surface area contributed by atoms with Gasteiger partial charge in [0.2, 0.25) is 0 Å². The number of H-pyrrole nitrogens is 2. The number of nitrogens with zero attached hydrogens (tertiary/aromatic N) is 2. The number of fused-ring (bicyclic) bond motifs is 8. The lowest BCUT2D eigenvalue weighted by Crippen LogP contribution is -2.15. The van der Waals surface area contributed by atoms with Gasteiger partial charge in [-0.25, -0.2) is 9.78 Å². The molecule has 2 aliphatic heterocycles. The van der Waals surface area contributed by atoms with Crippen LogP contribution in [0, 0.1) is 0 Å². The first-order valence-corrected chi connectivity index (χ1v) is 24.2. The van der Waals surface area contributed by atoms with Gasteiger partial charge in [-0.1, -0.05) is 32.0 Å².